The number of carboxylic acid groups (broad SMARTS) is 1. The number of nitrogens with one attached hydrogen (secondary N) is 1. The molecule has 17 heavy (non-hydrogen) atoms. The molecular weight excluding hydrogens is 218 g/mol. The van der Waals surface area contributed by atoms with Crippen molar-refractivity contribution in [3.05, 3.63) is 24.0 Å². The molecule has 2 N–H and O–H groups in total. The maximum absolute atomic E-state index is 11.0. The smallest absolute Gasteiger partial charge is 0.337 e. The Hall–Kier alpha value is -1.62. The molecule has 0 amide bonds. The first-order valence-corrected chi connectivity index (χ1v) is 5.79. The van der Waals surface area contributed by atoms with E-state index >= 15 is 0 Å². The van der Waals surface area contributed by atoms with Crippen LogP contribution in [0.3, 0.4) is 0 Å². The summed E-state index contributed by atoms with van der Waals surface area (Å²) in [5.41, 5.74) is 0.911. The lowest BCUT2D eigenvalue weighted by Gasteiger charge is -2.30. The Labute approximate surface area is 100 Å². The van der Waals surface area contributed by atoms with Crippen LogP contribution in [0.25, 0.3) is 0 Å². The molecule has 0 spiro atoms. The molecule has 0 saturated carbocycles. The summed E-state index contributed by atoms with van der Waals surface area (Å²) in [6, 6.07) is 1.87. The van der Waals surface area contributed by atoms with Crippen molar-refractivity contribution < 1.29 is 9.90 Å². The van der Waals surface area contributed by atoms with Crippen LogP contribution in [0.4, 0.5) is 5.69 Å². The number of pyridine rings is 1. The van der Waals surface area contributed by atoms with Crippen molar-refractivity contribution in [2.24, 2.45) is 0 Å². The van der Waals surface area contributed by atoms with Crippen LogP contribution in [-0.2, 0) is 0 Å². The number of hydrogen-bond donors (Lipinski definition) is 2. The van der Waals surface area contributed by atoms with Gasteiger partial charge in [-0.3, -0.25) is 4.98 Å². The van der Waals surface area contributed by atoms with Crippen LogP contribution in [0.5, 0.6) is 0 Å². The van der Waals surface area contributed by atoms with Gasteiger partial charge in [0.1, 0.15) is 0 Å². The summed E-state index contributed by atoms with van der Waals surface area (Å²) in [7, 11) is 2.10. The second kappa shape index (κ2) is 5.14. The molecule has 92 valence electrons. The van der Waals surface area contributed by atoms with E-state index in [0.29, 0.717) is 17.3 Å². The first-order chi connectivity index (χ1) is 8.16. The molecule has 5 nitrogen and oxygen atoms in total. The molecule has 0 unspecified atom stereocenters. The van der Waals surface area contributed by atoms with Crippen LogP contribution in [0, 0.1) is 0 Å². The van der Waals surface area contributed by atoms with Gasteiger partial charge in [-0.15, -0.1) is 0 Å². The van der Waals surface area contributed by atoms with Gasteiger partial charge in [-0.1, -0.05) is 0 Å². The van der Waals surface area contributed by atoms with Gasteiger partial charge in [0.2, 0.25) is 0 Å². The molecule has 0 radical (unpaired) electrons. The molecule has 0 bridgehead atoms. The molecule has 2 heterocycles. The molecule has 1 aromatic heterocycles. The molecule has 1 aliphatic rings. The lowest BCUT2D eigenvalue weighted by molar-refractivity contribution is 0.0697. The lowest BCUT2D eigenvalue weighted by Crippen LogP contribution is -2.37. The van der Waals surface area contributed by atoms with Crippen molar-refractivity contribution >= 4 is 11.7 Å². The number of nitrogens with zero attached hydrogens (tertiary/aromatic N) is 2. The van der Waals surface area contributed by atoms with E-state index in [4.69, 9.17) is 5.11 Å². The Morgan fingerprint density at radius 3 is 2.88 bits per heavy atom. The van der Waals surface area contributed by atoms with E-state index in [-0.39, 0.29) is 0 Å². The monoisotopic (exact) mass is 235 g/mol. The summed E-state index contributed by atoms with van der Waals surface area (Å²) < 4.78 is 0. The maximum atomic E-state index is 11.0. The fourth-order valence-corrected chi connectivity index (χ4v) is 2.07. The summed E-state index contributed by atoms with van der Waals surface area (Å²) in [6.07, 6.45) is 5.15. The Bertz CT molecular complexity index is 400. The van der Waals surface area contributed by atoms with Gasteiger partial charge in [0.05, 0.1) is 17.4 Å². The highest BCUT2D eigenvalue weighted by molar-refractivity contribution is 5.93. The summed E-state index contributed by atoms with van der Waals surface area (Å²) in [5.74, 6) is -0.914. The van der Waals surface area contributed by atoms with Gasteiger partial charge in [-0.2, -0.15) is 0 Å². The van der Waals surface area contributed by atoms with Gasteiger partial charge in [-0.05, 0) is 39.0 Å². The van der Waals surface area contributed by atoms with E-state index in [1.807, 2.05) is 0 Å². The highest BCUT2D eigenvalue weighted by Crippen LogP contribution is 2.18. The standard InChI is InChI=1S/C12H17N3O2/c1-15-6-3-9(4-7-15)14-11-8-13-5-2-10(11)12(16)17/h2,5,8-9,14H,3-4,6-7H2,1H3,(H,16,17). The first kappa shape index (κ1) is 11.9. The topological polar surface area (TPSA) is 65.5 Å². The third kappa shape index (κ3) is 2.94. The minimum Gasteiger partial charge on any atom is -0.478 e. The molecule has 1 saturated heterocycles. The fraction of sp³-hybridized carbons (Fsp3) is 0.500. The highest BCUT2D eigenvalue weighted by atomic mass is 16.4. The van der Waals surface area contributed by atoms with Gasteiger partial charge in [-0.25, -0.2) is 4.79 Å². The minimum absolute atomic E-state index is 0.291. The van der Waals surface area contributed by atoms with Crippen molar-refractivity contribution in [2.75, 3.05) is 25.5 Å². The molecule has 0 aliphatic carbocycles. The van der Waals surface area contributed by atoms with Gasteiger partial charge in [0.15, 0.2) is 0 Å². The normalized spacial score (nSPS) is 17.9. The van der Waals surface area contributed by atoms with Crippen molar-refractivity contribution in [3.8, 4) is 0 Å². The highest BCUT2D eigenvalue weighted by Gasteiger charge is 2.18. The van der Waals surface area contributed by atoms with E-state index in [2.05, 4.69) is 22.2 Å². The first-order valence-electron chi connectivity index (χ1n) is 5.79. The fourth-order valence-electron chi connectivity index (χ4n) is 2.07. The number of rotatable bonds is 3. The molecule has 1 fully saturated rings. The van der Waals surface area contributed by atoms with E-state index < -0.39 is 5.97 Å². The van der Waals surface area contributed by atoms with Crippen molar-refractivity contribution in [1.82, 2.24) is 9.88 Å². The zero-order chi connectivity index (χ0) is 12.3. The van der Waals surface area contributed by atoms with E-state index in [9.17, 15) is 4.79 Å². The minimum atomic E-state index is -0.914. The maximum Gasteiger partial charge on any atom is 0.337 e. The van der Waals surface area contributed by atoms with Gasteiger partial charge in [0.25, 0.3) is 0 Å². The van der Waals surface area contributed by atoms with Gasteiger partial charge >= 0.3 is 5.97 Å². The zero-order valence-corrected chi connectivity index (χ0v) is 9.89. The summed E-state index contributed by atoms with van der Waals surface area (Å²) in [4.78, 5) is 17.3. The third-order valence-corrected chi connectivity index (χ3v) is 3.13. The van der Waals surface area contributed by atoms with Gasteiger partial charge in [0, 0.05) is 12.2 Å². The number of piperidine rings is 1. The van der Waals surface area contributed by atoms with Crippen molar-refractivity contribution in [1.29, 1.82) is 0 Å². The Morgan fingerprint density at radius 2 is 2.24 bits per heavy atom. The molecule has 1 aliphatic heterocycles. The number of carbonyl (C=O) groups is 1. The van der Waals surface area contributed by atoms with Crippen LogP contribution >= 0.6 is 0 Å². The Kier molecular flexibility index (Phi) is 3.58. The third-order valence-electron chi connectivity index (χ3n) is 3.13. The van der Waals surface area contributed by atoms with Gasteiger partial charge < -0.3 is 15.3 Å². The summed E-state index contributed by atoms with van der Waals surface area (Å²) >= 11 is 0. The number of aromatic carboxylic acids is 1. The van der Waals surface area contributed by atoms with Crippen molar-refractivity contribution in [2.45, 2.75) is 18.9 Å². The number of aromatic nitrogens is 1. The largest absolute Gasteiger partial charge is 0.478 e. The predicted octanol–water partition coefficient (Wildman–Crippen LogP) is 1.29. The second-order valence-electron chi connectivity index (χ2n) is 4.45. The van der Waals surface area contributed by atoms with Crippen LogP contribution in [-0.4, -0.2) is 47.1 Å². The quantitative estimate of drug-likeness (QED) is 0.826. The number of anilines is 1. The molecule has 1 aromatic rings. The number of hydrogen-bond acceptors (Lipinski definition) is 4. The van der Waals surface area contributed by atoms with E-state index in [1.54, 1.807) is 6.20 Å². The molecule has 5 heteroatoms. The average molecular weight is 235 g/mol. The summed E-state index contributed by atoms with van der Waals surface area (Å²) in [5, 5.41) is 12.3. The van der Waals surface area contributed by atoms with Crippen LogP contribution in [0.15, 0.2) is 18.5 Å². The van der Waals surface area contributed by atoms with Crippen LogP contribution in [0.1, 0.15) is 23.2 Å². The molecule has 0 aromatic carbocycles. The SMILES string of the molecule is CN1CCC(Nc2cnccc2C(=O)O)CC1. The molecule has 2 rings (SSSR count). The molecular formula is C12H17N3O2. The number of carboxylic acids is 1. The predicted molar refractivity (Wildman–Crippen MR) is 65.3 cm³/mol. The Morgan fingerprint density at radius 1 is 1.53 bits per heavy atom. The molecule has 0 atom stereocenters. The van der Waals surface area contributed by atoms with Crippen molar-refractivity contribution in [3.63, 3.8) is 0 Å². The van der Waals surface area contributed by atoms with Crippen LogP contribution < -0.4 is 5.32 Å². The number of likely N-dealkylation sites (tertiary alicyclic amines) is 1. The lowest BCUT2D eigenvalue weighted by atomic mass is 10.0. The van der Waals surface area contributed by atoms with Crippen LogP contribution in [0.2, 0.25) is 0 Å². The average Bonchev–Trinajstić information content (AvgIpc) is 2.32. The second-order valence-corrected chi connectivity index (χ2v) is 4.45. The zero-order valence-electron chi connectivity index (χ0n) is 9.89. The Balaban J connectivity index is 2.05. The van der Waals surface area contributed by atoms with E-state index in [0.717, 1.165) is 25.9 Å². The van der Waals surface area contributed by atoms with E-state index in [1.165, 1.54) is 12.3 Å². The summed E-state index contributed by atoms with van der Waals surface area (Å²) in [6.45, 7) is 2.08.